The van der Waals surface area contributed by atoms with Crippen LogP contribution in [0.3, 0.4) is 0 Å². The molecule has 1 spiro atoms. The van der Waals surface area contributed by atoms with Crippen molar-refractivity contribution in [1.29, 1.82) is 0 Å². The zero-order chi connectivity index (χ0) is 23.6. The first-order valence-electron chi connectivity index (χ1n) is 12.3. The van der Waals surface area contributed by atoms with E-state index < -0.39 is 0 Å². The molecule has 4 aliphatic rings. The Labute approximate surface area is 200 Å². The van der Waals surface area contributed by atoms with Crippen LogP contribution >= 0.6 is 0 Å². The summed E-state index contributed by atoms with van der Waals surface area (Å²) < 4.78 is 12.4. The van der Waals surface area contributed by atoms with Crippen LogP contribution in [0.1, 0.15) is 36.0 Å². The lowest BCUT2D eigenvalue weighted by molar-refractivity contribution is -0.134. The number of methoxy groups -OCH3 is 1. The Morgan fingerprint density at radius 1 is 1.29 bits per heavy atom. The van der Waals surface area contributed by atoms with Crippen LogP contribution in [-0.4, -0.2) is 66.8 Å². The number of hydrogen-bond donors (Lipinski definition) is 1. The summed E-state index contributed by atoms with van der Waals surface area (Å²) in [4.78, 5) is 17.6. The molecule has 6 nitrogen and oxygen atoms in total. The average molecular weight is 461 g/mol. The number of phenolic OH excluding ortho intramolecular Hbond substituents is 1. The van der Waals surface area contributed by atoms with E-state index in [9.17, 15) is 9.90 Å². The number of nitrogens with zero attached hydrogens (tertiary/aromatic N) is 2. The standard InChI is InChI=1S/C28H32N2O4/c1-29-14-13-28-19-10-11-20(30(2)24(32)12-9-17-7-5-4-6-8-17)27(28)34-26-23(33-3)16-22(31)18(25(26)28)15-21(19)29/h4-9,12,16,19-21,27,31H,10-11,13-15H2,1-3H3/t19-,20+,21+,27-,28-/m0/s1. The molecule has 178 valence electrons. The molecule has 6 heteroatoms. The number of carbonyl (C=O) groups excluding carboxylic acids is 1. The molecule has 2 aromatic carbocycles. The normalized spacial score (nSPS) is 31.1. The number of likely N-dealkylation sites (N-methyl/N-ethyl adjacent to an activating group) is 2. The Kier molecular flexibility index (Phi) is 4.92. The number of amides is 1. The minimum atomic E-state index is -0.202. The molecular weight excluding hydrogens is 428 g/mol. The molecule has 2 heterocycles. The maximum absolute atomic E-state index is 13.3. The fourth-order valence-corrected chi connectivity index (χ4v) is 7.32. The van der Waals surface area contributed by atoms with E-state index in [1.807, 2.05) is 48.4 Å². The van der Waals surface area contributed by atoms with Gasteiger partial charge in [-0.25, -0.2) is 0 Å². The van der Waals surface area contributed by atoms with E-state index in [0.29, 0.717) is 23.5 Å². The van der Waals surface area contributed by atoms with Crippen molar-refractivity contribution in [3.05, 3.63) is 59.2 Å². The zero-order valence-electron chi connectivity index (χ0n) is 20.0. The molecule has 1 saturated carbocycles. The molecule has 1 amide bonds. The van der Waals surface area contributed by atoms with Gasteiger partial charge in [0.2, 0.25) is 5.91 Å². The Bertz CT molecular complexity index is 1160. The van der Waals surface area contributed by atoms with E-state index in [1.165, 1.54) is 0 Å². The number of phenols is 1. The Balaban J connectivity index is 1.40. The molecular formula is C28H32N2O4. The van der Waals surface area contributed by atoms with Gasteiger partial charge >= 0.3 is 0 Å². The number of benzene rings is 2. The van der Waals surface area contributed by atoms with E-state index in [-0.39, 0.29) is 23.5 Å². The first-order chi connectivity index (χ1) is 16.5. The van der Waals surface area contributed by atoms with Gasteiger partial charge in [0, 0.05) is 41.8 Å². The molecule has 0 radical (unpaired) electrons. The van der Waals surface area contributed by atoms with Gasteiger partial charge in [0.25, 0.3) is 0 Å². The van der Waals surface area contributed by atoms with Crippen molar-refractivity contribution < 1.29 is 19.4 Å². The second kappa shape index (κ2) is 7.77. The highest BCUT2D eigenvalue weighted by Crippen LogP contribution is 2.65. The van der Waals surface area contributed by atoms with E-state index in [0.717, 1.165) is 54.7 Å². The number of ether oxygens (including phenoxy) is 2. The third-order valence-corrected chi connectivity index (χ3v) is 8.94. The molecule has 1 N–H and O–H groups in total. The first kappa shape index (κ1) is 21.5. The molecule has 2 aliphatic carbocycles. The molecule has 0 aromatic heterocycles. The van der Waals surface area contributed by atoms with Gasteiger partial charge in [-0.3, -0.25) is 4.79 Å². The quantitative estimate of drug-likeness (QED) is 0.707. The topological polar surface area (TPSA) is 62.2 Å². The summed E-state index contributed by atoms with van der Waals surface area (Å²) in [5, 5.41) is 11.0. The second-order valence-electron chi connectivity index (χ2n) is 10.3. The van der Waals surface area contributed by atoms with Crippen molar-refractivity contribution in [3.8, 4) is 17.2 Å². The molecule has 6 rings (SSSR count). The Morgan fingerprint density at radius 2 is 2.09 bits per heavy atom. The Hall–Kier alpha value is -2.99. The number of hydrogen-bond acceptors (Lipinski definition) is 5. The summed E-state index contributed by atoms with van der Waals surface area (Å²) in [7, 11) is 5.72. The van der Waals surface area contributed by atoms with Gasteiger partial charge in [0.1, 0.15) is 11.9 Å². The molecule has 5 atom stereocenters. The zero-order valence-corrected chi connectivity index (χ0v) is 20.0. The van der Waals surface area contributed by atoms with E-state index in [1.54, 1.807) is 19.3 Å². The number of rotatable bonds is 4. The smallest absolute Gasteiger partial charge is 0.246 e. The summed E-state index contributed by atoms with van der Waals surface area (Å²) in [6, 6.07) is 11.9. The lowest BCUT2D eigenvalue weighted by Gasteiger charge is -2.59. The molecule has 2 aromatic rings. The van der Waals surface area contributed by atoms with Crippen LogP contribution in [0.5, 0.6) is 17.2 Å². The number of aromatic hydroxyl groups is 1. The predicted molar refractivity (Wildman–Crippen MR) is 130 cm³/mol. The fraction of sp³-hybridized carbons (Fsp3) is 0.464. The highest BCUT2D eigenvalue weighted by Gasteiger charge is 2.66. The summed E-state index contributed by atoms with van der Waals surface area (Å²) in [5.74, 6) is 2.10. The minimum Gasteiger partial charge on any atom is -0.508 e. The van der Waals surface area contributed by atoms with Crippen LogP contribution in [0.4, 0.5) is 0 Å². The third-order valence-electron chi connectivity index (χ3n) is 8.94. The van der Waals surface area contributed by atoms with Crippen LogP contribution in [0, 0.1) is 5.92 Å². The van der Waals surface area contributed by atoms with Crippen molar-refractivity contribution >= 4 is 12.0 Å². The van der Waals surface area contributed by atoms with E-state index in [4.69, 9.17) is 9.47 Å². The highest BCUT2D eigenvalue weighted by atomic mass is 16.5. The number of likely N-dealkylation sites (tertiary alicyclic amines) is 1. The highest BCUT2D eigenvalue weighted by molar-refractivity contribution is 5.92. The summed E-state index contributed by atoms with van der Waals surface area (Å²) in [6.45, 7) is 0.982. The maximum Gasteiger partial charge on any atom is 0.246 e. The van der Waals surface area contributed by atoms with Crippen molar-refractivity contribution in [2.45, 2.75) is 49.3 Å². The summed E-state index contributed by atoms with van der Waals surface area (Å²) in [5.41, 5.74) is 2.96. The van der Waals surface area contributed by atoms with Crippen molar-refractivity contribution in [2.24, 2.45) is 5.92 Å². The van der Waals surface area contributed by atoms with Crippen LogP contribution in [0.25, 0.3) is 6.08 Å². The molecule has 1 saturated heterocycles. The van der Waals surface area contributed by atoms with E-state index >= 15 is 0 Å². The Morgan fingerprint density at radius 3 is 2.85 bits per heavy atom. The van der Waals surface area contributed by atoms with Crippen LogP contribution in [0.2, 0.25) is 0 Å². The molecule has 2 aliphatic heterocycles. The van der Waals surface area contributed by atoms with E-state index in [2.05, 4.69) is 11.9 Å². The molecule has 0 unspecified atom stereocenters. The average Bonchev–Trinajstić information content (AvgIpc) is 3.20. The molecule has 34 heavy (non-hydrogen) atoms. The SMILES string of the molecule is COc1cc(O)c2c3c1O[C@H]1[C@H](N(C)C(=O)C=Cc4ccccc4)CC[C@H]4[C@@H](C2)N(C)CC[C@@]341. The number of piperidine rings is 1. The summed E-state index contributed by atoms with van der Waals surface area (Å²) >= 11 is 0. The monoisotopic (exact) mass is 460 g/mol. The lowest BCUT2D eigenvalue weighted by Crippen LogP contribution is -2.68. The lowest BCUT2D eigenvalue weighted by atomic mass is 9.51. The maximum atomic E-state index is 13.3. The molecule has 2 fully saturated rings. The van der Waals surface area contributed by atoms with Gasteiger partial charge in [-0.05, 0) is 56.8 Å². The first-order valence-corrected chi connectivity index (χ1v) is 12.3. The van der Waals surface area contributed by atoms with Gasteiger partial charge in [0.15, 0.2) is 11.5 Å². The van der Waals surface area contributed by atoms with Crippen LogP contribution in [-0.2, 0) is 16.6 Å². The van der Waals surface area contributed by atoms with Crippen molar-refractivity contribution in [2.75, 3.05) is 27.7 Å². The largest absolute Gasteiger partial charge is 0.508 e. The number of carbonyl (C=O) groups is 1. The van der Waals surface area contributed by atoms with Gasteiger partial charge in [-0.15, -0.1) is 0 Å². The second-order valence-corrected chi connectivity index (χ2v) is 10.3. The van der Waals surface area contributed by atoms with Crippen LogP contribution < -0.4 is 9.47 Å². The predicted octanol–water partition coefficient (Wildman–Crippen LogP) is 3.61. The van der Waals surface area contributed by atoms with Crippen molar-refractivity contribution in [1.82, 2.24) is 9.80 Å². The van der Waals surface area contributed by atoms with Gasteiger partial charge in [-0.2, -0.15) is 0 Å². The van der Waals surface area contributed by atoms with Crippen LogP contribution in [0.15, 0.2) is 42.5 Å². The van der Waals surface area contributed by atoms with Gasteiger partial charge < -0.3 is 24.4 Å². The van der Waals surface area contributed by atoms with Gasteiger partial charge in [-0.1, -0.05) is 30.3 Å². The molecule has 2 bridgehead atoms. The van der Waals surface area contributed by atoms with Gasteiger partial charge in [0.05, 0.1) is 13.2 Å². The summed E-state index contributed by atoms with van der Waals surface area (Å²) in [6.07, 6.45) is 7.12. The third kappa shape index (κ3) is 2.87. The fourth-order valence-electron chi connectivity index (χ4n) is 7.32. The minimum absolute atomic E-state index is 0.0152. The van der Waals surface area contributed by atoms with Crippen molar-refractivity contribution in [3.63, 3.8) is 0 Å².